The van der Waals surface area contributed by atoms with Crippen molar-refractivity contribution >= 4 is 11.9 Å². The Labute approximate surface area is 112 Å². The lowest BCUT2D eigenvalue weighted by molar-refractivity contribution is -0.141. The number of amides is 1. The van der Waals surface area contributed by atoms with Gasteiger partial charge in [-0.2, -0.15) is 0 Å². The van der Waals surface area contributed by atoms with Crippen molar-refractivity contribution in [2.24, 2.45) is 0 Å². The lowest BCUT2D eigenvalue weighted by atomic mass is 10.2. The molecule has 0 aliphatic heterocycles. The maximum atomic E-state index is 12.2. The third-order valence-corrected chi connectivity index (χ3v) is 2.65. The molecule has 1 rings (SSSR count). The highest BCUT2D eigenvalue weighted by Gasteiger charge is 2.25. The van der Waals surface area contributed by atoms with E-state index in [4.69, 9.17) is 0 Å². The number of ether oxygens (including phenoxy) is 1. The quantitative estimate of drug-likeness (QED) is 0.803. The first-order valence-corrected chi connectivity index (χ1v) is 6.16. The third kappa shape index (κ3) is 3.77. The van der Waals surface area contributed by atoms with Crippen molar-refractivity contribution in [2.45, 2.75) is 39.7 Å². The number of aromatic amines is 1. The number of hydrogen-bond donors (Lipinski definition) is 1. The Morgan fingerprint density at radius 2 is 1.95 bits per heavy atom. The smallest absolute Gasteiger partial charge is 0.325 e. The van der Waals surface area contributed by atoms with Gasteiger partial charge in [0, 0.05) is 12.0 Å². The molecule has 0 atom stereocenters. The topological polar surface area (TPSA) is 88.2 Å². The summed E-state index contributed by atoms with van der Waals surface area (Å²) in [5.41, 5.74) is 0. The van der Waals surface area contributed by atoms with E-state index < -0.39 is 5.97 Å². The Kier molecular flexibility index (Phi) is 5.02. The second kappa shape index (κ2) is 6.31. The van der Waals surface area contributed by atoms with Crippen LogP contribution in [0.2, 0.25) is 0 Å². The lowest BCUT2D eigenvalue weighted by Crippen LogP contribution is -2.41. The molecule has 106 valence electrons. The Morgan fingerprint density at radius 3 is 2.37 bits per heavy atom. The molecule has 0 fully saturated rings. The van der Waals surface area contributed by atoms with Gasteiger partial charge in [0.05, 0.1) is 7.11 Å². The van der Waals surface area contributed by atoms with Gasteiger partial charge in [-0.1, -0.05) is 13.8 Å². The van der Waals surface area contributed by atoms with Gasteiger partial charge in [0.1, 0.15) is 12.4 Å². The molecule has 0 saturated carbocycles. The zero-order valence-corrected chi connectivity index (χ0v) is 11.9. The zero-order valence-electron chi connectivity index (χ0n) is 11.9. The summed E-state index contributed by atoms with van der Waals surface area (Å²) in [6.07, 6.45) is 0. The average Bonchev–Trinajstić information content (AvgIpc) is 2.84. The first kappa shape index (κ1) is 15.1. The first-order chi connectivity index (χ1) is 8.86. The monoisotopic (exact) mass is 268 g/mol. The van der Waals surface area contributed by atoms with Gasteiger partial charge in [-0.05, 0) is 13.8 Å². The number of rotatable bonds is 5. The second-order valence-corrected chi connectivity index (χ2v) is 4.80. The number of carbonyl (C=O) groups is 2. The molecule has 7 nitrogen and oxygen atoms in total. The number of esters is 1. The van der Waals surface area contributed by atoms with Crippen molar-refractivity contribution in [3.05, 3.63) is 11.6 Å². The molecule has 0 aliphatic rings. The molecule has 0 saturated heterocycles. The highest BCUT2D eigenvalue weighted by atomic mass is 16.5. The fraction of sp³-hybridized carbons (Fsp3) is 0.667. The van der Waals surface area contributed by atoms with Crippen molar-refractivity contribution in [3.8, 4) is 0 Å². The van der Waals surface area contributed by atoms with Crippen molar-refractivity contribution in [1.29, 1.82) is 0 Å². The van der Waals surface area contributed by atoms with Gasteiger partial charge in [0.25, 0.3) is 5.91 Å². The first-order valence-electron chi connectivity index (χ1n) is 6.16. The maximum absolute atomic E-state index is 12.2. The van der Waals surface area contributed by atoms with Crippen molar-refractivity contribution < 1.29 is 14.3 Å². The van der Waals surface area contributed by atoms with E-state index in [1.807, 2.05) is 27.7 Å². The lowest BCUT2D eigenvalue weighted by Gasteiger charge is -2.23. The summed E-state index contributed by atoms with van der Waals surface area (Å²) in [6, 6.07) is -0.146. The molecule has 0 unspecified atom stereocenters. The Morgan fingerprint density at radius 1 is 1.32 bits per heavy atom. The molecule has 0 spiro atoms. The largest absolute Gasteiger partial charge is 0.468 e. The zero-order chi connectivity index (χ0) is 14.6. The Balaban J connectivity index is 2.89. The SMILES string of the molecule is COC(=O)CN(C(=O)c1n[nH]c(C(C)C)n1)C(C)C. The van der Waals surface area contributed by atoms with Crippen LogP contribution in [0.1, 0.15) is 50.1 Å². The van der Waals surface area contributed by atoms with Crippen LogP contribution in [0.25, 0.3) is 0 Å². The summed E-state index contributed by atoms with van der Waals surface area (Å²) >= 11 is 0. The molecule has 1 amide bonds. The normalized spacial score (nSPS) is 10.9. The van der Waals surface area contributed by atoms with E-state index in [2.05, 4.69) is 19.9 Å². The minimum absolute atomic E-state index is 0.0707. The Bertz CT molecular complexity index is 454. The predicted octanol–water partition coefficient (Wildman–Crippen LogP) is 0.952. The summed E-state index contributed by atoms with van der Waals surface area (Å²) < 4.78 is 4.58. The standard InChI is InChI=1S/C12H20N4O3/c1-7(2)10-13-11(15-14-10)12(18)16(8(3)4)6-9(17)19-5/h7-8H,6H2,1-5H3,(H,13,14,15). The summed E-state index contributed by atoms with van der Waals surface area (Å²) in [5.74, 6) is 0.0128. The number of nitrogens with one attached hydrogen (secondary N) is 1. The number of H-pyrrole nitrogens is 1. The van der Waals surface area contributed by atoms with E-state index in [1.54, 1.807) is 0 Å². The average molecular weight is 268 g/mol. The molecule has 1 aromatic rings. The summed E-state index contributed by atoms with van der Waals surface area (Å²) in [5, 5.41) is 6.62. The second-order valence-electron chi connectivity index (χ2n) is 4.80. The van der Waals surface area contributed by atoms with Crippen LogP contribution < -0.4 is 0 Å². The van der Waals surface area contributed by atoms with E-state index in [1.165, 1.54) is 12.0 Å². The highest BCUT2D eigenvalue weighted by Crippen LogP contribution is 2.10. The van der Waals surface area contributed by atoms with Crippen LogP contribution in [0.3, 0.4) is 0 Å². The fourth-order valence-corrected chi connectivity index (χ4v) is 1.45. The van der Waals surface area contributed by atoms with Crippen LogP contribution in [0.5, 0.6) is 0 Å². The molecule has 0 aliphatic carbocycles. The molecular weight excluding hydrogens is 248 g/mol. The number of carbonyl (C=O) groups excluding carboxylic acids is 2. The number of hydrogen-bond acceptors (Lipinski definition) is 5. The number of aromatic nitrogens is 3. The summed E-state index contributed by atoms with van der Waals surface area (Å²) in [6.45, 7) is 7.42. The van der Waals surface area contributed by atoms with Gasteiger partial charge >= 0.3 is 5.97 Å². The number of methoxy groups -OCH3 is 1. The van der Waals surface area contributed by atoms with Crippen LogP contribution in [-0.2, 0) is 9.53 Å². The van der Waals surface area contributed by atoms with Gasteiger partial charge in [0.2, 0.25) is 5.82 Å². The molecule has 0 bridgehead atoms. The van der Waals surface area contributed by atoms with Gasteiger partial charge in [-0.25, -0.2) is 4.98 Å². The van der Waals surface area contributed by atoms with Gasteiger partial charge in [-0.15, -0.1) is 5.10 Å². The molecule has 19 heavy (non-hydrogen) atoms. The molecule has 0 aromatic carbocycles. The highest BCUT2D eigenvalue weighted by molar-refractivity contribution is 5.92. The van der Waals surface area contributed by atoms with E-state index in [9.17, 15) is 9.59 Å². The van der Waals surface area contributed by atoms with Gasteiger partial charge in [0.15, 0.2) is 0 Å². The summed E-state index contributed by atoms with van der Waals surface area (Å²) in [7, 11) is 1.29. The van der Waals surface area contributed by atoms with E-state index >= 15 is 0 Å². The van der Waals surface area contributed by atoms with Crippen LogP contribution in [0.15, 0.2) is 0 Å². The fourth-order valence-electron chi connectivity index (χ4n) is 1.45. The minimum atomic E-state index is -0.471. The predicted molar refractivity (Wildman–Crippen MR) is 68.7 cm³/mol. The van der Waals surface area contributed by atoms with E-state index in [0.717, 1.165) is 0 Å². The number of nitrogens with zero attached hydrogens (tertiary/aromatic N) is 3. The molecule has 1 N–H and O–H groups in total. The van der Waals surface area contributed by atoms with Crippen LogP contribution >= 0.6 is 0 Å². The minimum Gasteiger partial charge on any atom is -0.468 e. The van der Waals surface area contributed by atoms with Crippen molar-refractivity contribution in [2.75, 3.05) is 13.7 Å². The van der Waals surface area contributed by atoms with Gasteiger partial charge in [-0.3, -0.25) is 14.7 Å². The van der Waals surface area contributed by atoms with Crippen LogP contribution in [0, 0.1) is 0 Å². The third-order valence-electron chi connectivity index (χ3n) is 2.65. The maximum Gasteiger partial charge on any atom is 0.325 e. The molecule has 0 radical (unpaired) electrons. The Hall–Kier alpha value is -1.92. The van der Waals surface area contributed by atoms with E-state index in [0.29, 0.717) is 5.82 Å². The molecular formula is C12H20N4O3. The van der Waals surface area contributed by atoms with Crippen LogP contribution in [-0.4, -0.2) is 51.7 Å². The van der Waals surface area contributed by atoms with Gasteiger partial charge < -0.3 is 9.64 Å². The van der Waals surface area contributed by atoms with Crippen LogP contribution in [0.4, 0.5) is 0 Å². The molecule has 1 heterocycles. The molecule has 1 aromatic heterocycles. The van der Waals surface area contributed by atoms with E-state index in [-0.39, 0.29) is 30.2 Å². The van der Waals surface area contributed by atoms with Crippen molar-refractivity contribution in [1.82, 2.24) is 20.1 Å². The molecule has 7 heteroatoms. The summed E-state index contributed by atoms with van der Waals surface area (Å²) in [4.78, 5) is 29.1. The van der Waals surface area contributed by atoms with Crippen molar-refractivity contribution in [3.63, 3.8) is 0 Å².